The maximum atomic E-state index is 11.4. The highest BCUT2D eigenvalue weighted by molar-refractivity contribution is 7.80. The van der Waals surface area contributed by atoms with Crippen molar-refractivity contribution < 1.29 is 24.1 Å². The van der Waals surface area contributed by atoms with Crippen LogP contribution in [0.3, 0.4) is 0 Å². The Hall–Kier alpha value is -1.99. The first-order valence-electron chi connectivity index (χ1n) is 6.92. The van der Waals surface area contributed by atoms with Crippen molar-refractivity contribution in [2.75, 3.05) is 7.11 Å². The van der Waals surface area contributed by atoms with Crippen LogP contribution in [-0.4, -0.2) is 23.2 Å². The smallest absolute Gasteiger partial charge is 0.339 e. The fourth-order valence-corrected chi connectivity index (χ4v) is 2.60. The quantitative estimate of drug-likeness (QED) is 0.362. The molecule has 26 heavy (non-hydrogen) atoms. The van der Waals surface area contributed by atoms with Gasteiger partial charge in [-0.3, -0.25) is 0 Å². The molecule has 0 unspecified atom stereocenters. The Balaban J connectivity index is 2.28. The van der Waals surface area contributed by atoms with Gasteiger partial charge in [0.25, 0.3) is 0 Å². The molecule has 9 heteroatoms. The number of halogens is 3. The van der Waals surface area contributed by atoms with E-state index in [1.165, 1.54) is 43.7 Å². The summed E-state index contributed by atoms with van der Waals surface area (Å²) in [6.07, 6.45) is 1.17. The number of rotatable bonds is 6. The third-order valence-corrected chi connectivity index (χ3v) is 3.96. The average molecular weight is 434 g/mol. The van der Waals surface area contributed by atoms with Crippen molar-refractivity contribution >= 4 is 58.0 Å². The number of aromatic carboxylic acids is 1. The number of hydrogen-bond donors (Lipinski definition) is 1. The van der Waals surface area contributed by atoms with Crippen molar-refractivity contribution in [3.05, 3.63) is 69.1 Å². The van der Waals surface area contributed by atoms with E-state index < -0.39 is 5.97 Å². The Morgan fingerprint density at radius 1 is 1.04 bits per heavy atom. The number of benzene rings is 2. The number of carboxylic acid groups (broad SMARTS) is 1. The van der Waals surface area contributed by atoms with E-state index in [0.717, 1.165) is 0 Å². The summed E-state index contributed by atoms with van der Waals surface area (Å²) >= 11 is 22.9. The largest absolute Gasteiger partial charge is 0.500 e. The van der Waals surface area contributed by atoms with Gasteiger partial charge in [0.2, 0.25) is 10.8 Å². The second-order valence-corrected chi connectivity index (χ2v) is 6.38. The molecule has 0 saturated carbocycles. The van der Waals surface area contributed by atoms with Crippen molar-refractivity contribution in [3.63, 3.8) is 0 Å². The lowest BCUT2D eigenvalue weighted by Gasteiger charge is -2.14. The van der Waals surface area contributed by atoms with Crippen LogP contribution in [0.25, 0.3) is 0 Å². The lowest BCUT2D eigenvalue weighted by atomic mass is 10.2. The zero-order chi connectivity index (χ0) is 19.3. The van der Waals surface area contributed by atoms with Gasteiger partial charge in [-0.1, -0.05) is 34.8 Å². The van der Waals surface area contributed by atoms with Crippen molar-refractivity contribution in [1.29, 1.82) is 0 Å². The number of carboxylic acids is 1. The zero-order valence-electron chi connectivity index (χ0n) is 13.2. The van der Waals surface area contributed by atoms with Crippen molar-refractivity contribution in [1.82, 2.24) is 0 Å². The molecule has 2 aromatic rings. The minimum absolute atomic E-state index is 0.0124. The number of methoxy groups -OCH3 is 1. The first-order chi connectivity index (χ1) is 12.3. The first-order valence-corrected chi connectivity index (χ1v) is 8.47. The summed E-state index contributed by atoms with van der Waals surface area (Å²) in [5, 5.41) is 10.1. The van der Waals surface area contributed by atoms with Crippen molar-refractivity contribution in [2.45, 2.75) is 0 Å². The van der Waals surface area contributed by atoms with E-state index in [2.05, 4.69) is 0 Å². The fraction of sp³-hybridized carbons (Fsp3) is 0.0588. The van der Waals surface area contributed by atoms with Crippen LogP contribution in [0.2, 0.25) is 15.1 Å². The summed E-state index contributed by atoms with van der Waals surface area (Å²) in [6, 6.07) is 8.73. The molecule has 0 aromatic heterocycles. The van der Waals surface area contributed by atoms with E-state index in [-0.39, 0.29) is 37.9 Å². The maximum Gasteiger partial charge on any atom is 0.339 e. The van der Waals surface area contributed by atoms with Crippen LogP contribution in [0.5, 0.6) is 11.5 Å². The van der Waals surface area contributed by atoms with Gasteiger partial charge in [0.05, 0.1) is 12.1 Å². The number of ether oxygens (including phenoxy) is 3. The summed E-state index contributed by atoms with van der Waals surface area (Å²) in [4.78, 5) is 11.4. The molecule has 2 rings (SSSR count). The molecule has 0 heterocycles. The molecule has 0 aliphatic heterocycles. The summed E-state index contributed by atoms with van der Waals surface area (Å²) in [7, 11) is 1.38. The van der Waals surface area contributed by atoms with Gasteiger partial charge in [0.15, 0.2) is 0 Å². The second-order valence-electron chi connectivity index (χ2n) is 4.73. The SMILES string of the molecule is COC=C(Oc1ccc(Cl)cc1C(=O)O)C(=S)Oc1ccc(Cl)cc1Cl. The molecule has 0 saturated heterocycles. The second kappa shape index (κ2) is 9.09. The van der Waals surface area contributed by atoms with Crippen LogP contribution in [0.4, 0.5) is 0 Å². The predicted octanol–water partition coefficient (Wildman–Crippen LogP) is 5.62. The molecule has 5 nitrogen and oxygen atoms in total. The van der Waals surface area contributed by atoms with Crippen LogP contribution < -0.4 is 9.47 Å². The van der Waals surface area contributed by atoms with Crippen LogP contribution >= 0.6 is 47.0 Å². The zero-order valence-corrected chi connectivity index (χ0v) is 16.2. The lowest BCUT2D eigenvalue weighted by molar-refractivity contribution is 0.0693. The van der Waals surface area contributed by atoms with Crippen LogP contribution in [0.1, 0.15) is 10.4 Å². The molecule has 0 atom stereocenters. The third-order valence-electron chi connectivity index (χ3n) is 2.91. The molecule has 0 fully saturated rings. The monoisotopic (exact) mass is 432 g/mol. The summed E-state index contributed by atoms with van der Waals surface area (Å²) in [5.74, 6) is -0.982. The van der Waals surface area contributed by atoms with Crippen LogP contribution in [0, 0.1) is 0 Å². The van der Waals surface area contributed by atoms with E-state index >= 15 is 0 Å². The van der Waals surface area contributed by atoms with Crippen molar-refractivity contribution in [3.8, 4) is 11.5 Å². The Morgan fingerprint density at radius 3 is 2.23 bits per heavy atom. The Morgan fingerprint density at radius 2 is 1.65 bits per heavy atom. The highest BCUT2D eigenvalue weighted by Gasteiger charge is 2.18. The fourth-order valence-electron chi connectivity index (χ4n) is 1.81. The number of hydrogen-bond acceptors (Lipinski definition) is 5. The Labute approximate surface area is 169 Å². The minimum Gasteiger partial charge on any atom is -0.500 e. The molecule has 0 aliphatic rings. The van der Waals surface area contributed by atoms with Crippen LogP contribution in [-0.2, 0) is 4.74 Å². The van der Waals surface area contributed by atoms with Gasteiger partial charge in [-0.05, 0) is 48.6 Å². The normalized spacial score (nSPS) is 11.0. The van der Waals surface area contributed by atoms with E-state index in [4.69, 9.17) is 61.2 Å². The molecule has 0 spiro atoms. The van der Waals surface area contributed by atoms with Gasteiger partial charge >= 0.3 is 5.97 Å². The number of carbonyl (C=O) groups is 1. The Kier molecular flexibility index (Phi) is 7.11. The van der Waals surface area contributed by atoms with E-state index in [1.807, 2.05) is 0 Å². The number of thiocarbonyl (C=S) groups is 1. The van der Waals surface area contributed by atoms with E-state index in [0.29, 0.717) is 5.02 Å². The molecule has 1 N–H and O–H groups in total. The summed E-state index contributed by atoms with van der Waals surface area (Å²) < 4.78 is 16.0. The maximum absolute atomic E-state index is 11.4. The van der Waals surface area contributed by atoms with Gasteiger partial charge in [-0.15, -0.1) is 0 Å². The first kappa shape index (κ1) is 20.3. The molecular formula is C17H11Cl3O5S. The van der Waals surface area contributed by atoms with Gasteiger partial charge in [-0.2, -0.15) is 0 Å². The molecule has 0 radical (unpaired) electrons. The van der Waals surface area contributed by atoms with E-state index in [9.17, 15) is 9.90 Å². The lowest BCUT2D eigenvalue weighted by Crippen LogP contribution is -2.15. The van der Waals surface area contributed by atoms with Crippen molar-refractivity contribution in [2.24, 2.45) is 0 Å². The highest BCUT2D eigenvalue weighted by Crippen LogP contribution is 2.29. The molecule has 0 aliphatic carbocycles. The van der Waals surface area contributed by atoms with Gasteiger partial charge in [0, 0.05) is 10.0 Å². The molecule has 0 bridgehead atoms. The highest BCUT2D eigenvalue weighted by atomic mass is 35.5. The third kappa shape index (κ3) is 5.25. The minimum atomic E-state index is -1.22. The summed E-state index contributed by atoms with van der Waals surface area (Å²) in [6.45, 7) is 0. The molecule has 0 amide bonds. The average Bonchev–Trinajstić information content (AvgIpc) is 2.58. The predicted molar refractivity (Wildman–Crippen MR) is 104 cm³/mol. The molecule has 136 valence electrons. The molecular weight excluding hydrogens is 423 g/mol. The summed E-state index contributed by atoms with van der Waals surface area (Å²) in [5.41, 5.74) is -0.146. The Bertz CT molecular complexity index is 883. The topological polar surface area (TPSA) is 65.0 Å². The van der Waals surface area contributed by atoms with Gasteiger partial charge < -0.3 is 19.3 Å². The van der Waals surface area contributed by atoms with Gasteiger partial charge in [-0.25, -0.2) is 4.79 Å². The van der Waals surface area contributed by atoms with E-state index in [1.54, 1.807) is 6.07 Å². The standard InChI is InChI=1S/C17H11Cl3O5S/c1-23-8-15(17(26)25-14-5-3-10(19)7-12(14)20)24-13-4-2-9(18)6-11(13)16(21)22/h2-8H,1H3,(H,21,22). The van der Waals surface area contributed by atoms with Gasteiger partial charge in [0.1, 0.15) is 23.3 Å². The van der Waals surface area contributed by atoms with Crippen LogP contribution in [0.15, 0.2) is 48.4 Å². The molecule has 2 aromatic carbocycles.